The third kappa shape index (κ3) is 3.89. The van der Waals surface area contributed by atoms with E-state index < -0.39 is 0 Å². The molecule has 27 heavy (non-hydrogen) atoms. The fraction of sp³-hybridized carbons (Fsp3) is 0.417. The van der Waals surface area contributed by atoms with Crippen molar-refractivity contribution in [1.29, 1.82) is 0 Å². The van der Waals surface area contributed by atoms with Crippen LogP contribution in [0, 0.1) is 6.92 Å². The van der Waals surface area contributed by atoms with Gasteiger partial charge in [-0.15, -0.1) is 0 Å². The van der Waals surface area contributed by atoms with Crippen LogP contribution in [0.2, 0.25) is 0 Å². The molecule has 2 N–H and O–H groups in total. The SMILES string of the molecule is C=C(C)c1ccc(C)cc1-c1c(O)cc(CCCCC)c(C2CCO2)c1O. The summed E-state index contributed by atoms with van der Waals surface area (Å²) in [5.74, 6) is 0.273. The van der Waals surface area contributed by atoms with E-state index in [4.69, 9.17) is 4.74 Å². The number of unbranched alkanes of at least 4 members (excludes halogenated alkanes) is 2. The molecular weight excluding hydrogens is 336 g/mol. The second kappa shape index (κ2) is 8.18. The fourth-order valence-electron chi connectivity index (χ4n) is 3.82. The Morgan fingerprint density at radius 1 is 1.22 bits per heavy atom. The third-order valence-electron chi connectivity index (χ3n) is 5.38. The summed E-state index contributed by atoms with van der Waals surface area (Å²) in [6, 6.07) is 7.85. The van der Waals surface area contributed by atoms with E-state index in [9.17, 15) is 10.2 Å². The minimum atomic E-state index is -0.0842. The highest BCUT2D eigenvalue weighted by molar-refractivity contribution is 5.87. The molecular formula is C24H30O3. The zero-order valence-electron chi connectivity index (χ0n) is 16.6. The Balaban J connectivity index is 2.17. The molecule has 144 valence electrons. The van der Waals surface area contributed by atoms with E-state index in [0.29, 0.717) is 5.56 Å². The van der Waals surface area contributed by atoms with Crippen LogP contribution in [0.15, 0.2) is 30.8 Å². The number of phenolic OH excluding ortho intramolecular Hbond substituents is 2. The standard InChI is InChI=1S/C24H30O3/c1-5-6-7-8-17-14-20(25)23(24(26)22(17)21-11-12-27-21)19-13-16(4)9-10-18(19)15(2)3/h9-10,13-14,21,25-26H,2,5-8,11-12H2,1,3-4H3. The first-order valence-electron chi connectivity index (χ1n) is 9.90. The Morgan fingerprint density at radius 2 is 1.96 bits per heavy atom. The molecule has 1 aliphatic rings. The Kier molecular flexibility index (Phi) is 5.91. The number of aryl methyl sites for hydroxylation is 2. The normalized spacial score (nSPS) is 16.2. The number of benzene rings is 2. The summed E-state index contributed by atoms with van der Waals surface area (Å²) in [4.78, 5) is 0. The van der Waals surface area contributed by atoms with Crippen LogP contribution in [-0.2, 0) is 11.2 Å². The van der Waals surface area contributed by atoms with Gasteiger partial charge in [0.25, 0.3) is 0 Å². The highest BCUT2D eigenvalue weighted by Crippen LogP contribution is 2.48. The lowest BCUT2D eigenvalue weighted by molar-refractivity contribution is -0.0542. The summed E-state index contributed by atoms with van der Waals surface area (Å²) >= 11 is 0. The molecule has 3 heteroatoms. The second-order valence-electron chi connectivity index (χ2n) is 7.63. The largest absolute Gasteiger partial charge is 0.507 e. The first-order chi connectivity index (χ1) is 12.9. The first kappa shape index (κ1) is 19.5. The summed E-state index contributed by atoms with van der Waals surface area (Å²) < 4.78 is 5.72. The molecule has 1 saturated heterocycles. The predicted octanol–water partition coefficient (Wildman–Crippen LogP) is 6.30. The average molecular weight is 367 g/mol. The molecule has 2 aromatic carbocycles. The summed E-state index contributed by atoms with van der Waals surface area (Å²) in [7, 11) is 0. The zero-order valence-corrected chi connectivity index (χ0v) is 16.6. The highest BCUT2D eigenvalue weighted by Gasteiger charge is 2.30. The molecule has 1 aliphatic heterocycles. The topological polar surface area (TPSA) is 49.7 Å². The minimum absolute atomic E-state index is 0.0842. The molecule has 1 heterocycles. The smallest absolute Gasteiger partial charge is 0.133 e. The maximum atomic E-state index is 11.2. The van der Waals surface area contributed by atoms with E-state index in [1.54, 1.807) is 0 Å². The molecule has 3 rings (SSSR count). The Labute approximate surface area is 162 Å². The Morgan fingerprint density at radius 3 is 2.56 bits per heavy atom. The van der Waals surface area contributed by atoms with Crippen LogP contribution in [0.25, 0.3) is 16.7 Å². The highest BCUT2D eigenvalue weighted by atomic mass is 16.5. The molecule has 0 bridgehead atoms. The molecule has 0 aliphatic carbocycles. The van der Waals surface area contributed by atoms with Crippen molar-refractivity contribution < 1.29 is 14.9 Å². The quantitative estimate of drug-likeness (QED) is 0.565. The summed E-state index contributed by atoms with van der Waals surface area (Å²) in [5, 5.41) is 22.1. The summed E-state index contributed by atoms with van der Waals surface area (Å²) in [6.45, 7) is 10.9. The van der Waals surface area contributed by atoms with Crippen molar-refractivity contribution in [3.8, 4) is 22.6 Å². The predicted molar refractivity (Wildman–Crippen MR) is 111 cm³/mol. The maximum absolute atomic E-state index is 11.2. The van der Waals surface area contributed by atoms with Crippen LogP contribution in [0.3, 0.4) is 0 Å². The van der Waals surface area contributed by atoms with E-state index in [1.165, 1.54) is 0 Å². The van der Waals surface area contributed by atoms with Crippen LogP contribution in [0.4, 0.5) is 0 Å². The second-order valence-corrected chi connectivity index (χ2v) is 7.63. The molecule has 0 spiro atoms. The van der Waals surface area contributed by atoms with Gasteiger partial charge in [0, 0.05) is 12.0 Å². The molecule has 0 amide bonds. The molecule has 0 aromatic heterocycles. The van der Waals surface area contributed by atoms with Crippen molar-refractivity contribution in [2.75, 3.05) is 6.61 Å². The molecule has 0 radical (unpaired) electrons. The zero-order chi connectivity index (χ0) is 19.6. The van der Waals surface area contributed by atoms with Crippen LogP contribution in [0.5, 0.6) is 11.5 Å². The van der Waals surface area contributed by atoms with Gasteiger partial charge < -0.3 is 14.9 Å². The average Bonchev–Trinajstić information content (AvgIpc) is 2.56. The monoisotopic (exact) mass is 366 g/mol. The van der Waals surface area contributed by atoms with Crippen molar-refractivity contribution in [1.82, 2.24) is 0 Å². The molecule has 2 aromatic rings. The molecule has 1 unspecified atom stereocenters. The van der Waals surface area contributed by atoms with Crippen molar-refractivity contribution >= 4 is 5.57 Å². The Bertz CT molecular complexity index is 847. The lowest BCUT2D eigenvalue weighted by Gasteiger charge is -2.30. The van der Waals surface area contributed by atoms with Gasteiger partial charge in [-0.3, -0.25) is 0 Å². The van der Waals surface area contributed by atoms with E-state index in [2.05, 4.69) is 13.5 Å². The Hall–Kier alpha value is -2.26. The molecule has 1 fully saturated rings. The van der Waals surface area contributed by atoms with Crippen LogP contribution >= 0.6 is 0 Å². The van der Waals surface area contributed by atoms with Crippen LogP contribution < -0.4 is 0 Å². The van der Waals surface area contributed by atoms with Gasteiger partial charge >= 0.3 is 0 Å². The molecule has 0 saturated carbocycles. The summed E-state index contributed by atoms with van der Waals surface area (Å²) in [6.07, 6.45) is 4.96. The van der Waals surface area contributed by atoms with Gasteiger partial charge in [0.1, 0.15) is 11.5 Å². The first-order valence-corrected chi connectivity index (χ1v) is 9.90. The number of allylic oxidation sites excluding steroid dienone is 1. The van der Waals surface area contributed by atoms with Gasteiger partial charge in [-0.2, -0.15) is 0 Å². The number of hydrogen-bond donors (Lipinski definition) is 2. The van der Waals surface area contributed by atoms with Gasteiger partial charge in [0.15, 0.2) is 0 Å². The molecule has 3 nitrogen and oxygen atoms in total. The van der Waals surface area contributed by atoms with Crippen molar-refractivity contribution in [2.45, 2.75) is 59.0 Å². The van der Waals surface area contributed by atoms with Gasteiger partial charge in [-0.1, -0.05) is 55.7 Å². The van der Waals surface area contributed by atoms with E-state index >= 15 is 0 Å². The lowest BCUT2D eigenvalue weighted by atomic mass is 9.86. The number of hydrogen-bond acceptors (Lipinski definition) is 3. The molecule has 1 atom stereocenters. The third-order valence-corrected chi connectivity index (χ3v) is 5.38. The lowest BCUT2D eigenvalue weighted by Crippen LogP contribution is -2.20. The van der Waals surface area contributed by atoms with Crippen molar-refractivity contribution in [2.24, 2.45) is 0 Å². The summed E-state index contributed by atoms with van der Waals surface area (Å²) in [5.41, 5.74) is 6.06. The number of aromatic hydroxyl groups is 2. The minimum Gasteiger partial charge on any atom is -0.507 e. The van der Waals surface area contributed by atoms with E-state index in [0.717, 1.165) is 72.1 Å². The van der Waals surface area contributed by atoms with Gasteiger partial charge in [-0.25, -0.2) is 0 Å². The van der Waals surface area contributed by atoms with E-state index in [1.807, 2.05) is 38.1 Å². The number of ether oxygens (including phenoxy) is 1. The van der Waals surface area contributed by atoms with Crippen molar-refractivity contribution in [3.05, 3.63) is 53.1 Å². The maximum Gasteiger partial charge on any atom is 0.133 e. The van der Waals surface area contributed by atoms with Crippen LogP contribution in [0.1, 0.15) is 67.9 Å². The van der Waals surface area contributed by atoms with Gasteiger partial charge in [0.2, 0.25) is 0 Å². The van der Waals surface area contributed by atoms with Crippen LogP contribution in [-0.4, -0.2) is 16.8 Å². The number of rotatable bonds is 7. The van der Waals surface area contributed by atoms with E-state index in [-0.39, 0.29) is 17.6 Å². The number of phenols is 2. The van der Waals surface area contributed by atoms with Gasteiger partial charge in [-0.05, 0) is 49.4 Å². The van der Waals surface area contributed by atoms with Gasteiger partial charge in [0.05, 0.1) is 18.3 Å². The van der Waals surface area contributed by atoms with Crippen molar-refractivity contribution in [3.63, 3.8) is 0 Å². The fourth-order valence-corrected chi connectivity index (χ4v) is 3.82.